The zero-order valence-corrected chi connectivity index (χ0v) is 12.2. The minimum Gasteiger partial charge on any atom is -0.237 e. The van der Waals surface area contributed by atoms with Gasteiger partial charge >= 0.3 is 12.4 Å². The van der Waals surface area contributed by atoms with Crippen molar-refractivity contribution in [3.63, 3.8) is 0 Å². The molecule has 0 fully saturated rings. The van der Waals surface area contributed by atoms with Crippen LogP contribution in [0.3, 0.4) is 0 Å². The van der Waals surface area contributed by atoms with Gasteiger partial charge in [0.25, 0.3) is 0 Å². The van der Waals surface area contributed by atoms with Crippen molar-refractivity contribution >= 4 is 22.6 Å². The zero-order valence-electron chi connectivity index (χ0n) is 10.1. The van der Waals surface area contributed by atoms with Gasteiger partial charge in [0.15, 0.2) is 0 Å². The summed E-state index contributed by atoms with van der Waals surface area (Å²) in [4.78, 5) is 3.43. The summed E-state index contributed by atoms with van der Waals surface area (Å²) in [5, 5.41) is 0. The van der Waals surface area contributed by atoms with Crippen LogP contribution in [0.1, 0.15) is 11.3 Å². The Morgan fingerprint density at radius 2 is 1.33 bits per heavy atom. The van der Waals surface area contributed by atoms with Gasteiger partial charge in [0.2, 0.25) is 0 Å². The smallest absolute Gasteiger partial charge is 0.237 e. The fraction of sp³-hybridized carbons (Fsp3) is 0.154. The van der Waals surface area contributed by atoms with Gasteiger partial charge in [-0.1, -0.05) is 12.1 Å². The van der Waals surface area contributed by atoms with Gasteiger partial charge in [0, 0.05) is 5.56 Å². The minimum absolute atomic E-state index is 0.0715. The van der Waals surface area contributed by atoms with Crippen LogP contribution < -0.4 is 0 Å². The topological polar surface area (TPSA) is 12.9 Å². The molecule has 2 rings (SSSR count). The number of benzene rings is 1. The average molecular weight is 417 g/mol. The van der Waals surface area contributed by atoms with E-state index in [4.69, 9.17) is 0 Å². The van der Waals surface area contributed by atoms with Crippen LogP contribution in [0.15, 0.2) is 36.4 Å². The zero-order chi connectivity index (χ0) is 15.8. The maximum Gasteiger partial charge on any atom is 0.433 e. The highest BCUT2D eigenvalue weighted by Gasteiger charge is 2.33. The Kier molecular flexibility index (Phi) is 4.18. The van der Waals surface area contributed by atoms with Gasteiger partial charge in [-0.15, -0.1) is 0 Å². The molecule has 0 N–H and O–H groups in total. The fourth-order valence-electron chi connectivity index (χ4n) is 1.65. The van der Waals surface area contributed by atoms with Crippen LogP contribution in [0.4, 0.5) is 26.3 Å². The van der Waals surface area contributed by atoms with Crippen molar-refractivity contribution in [3.8, 4) is 11.1 Å². The maximum atomic E-state index is 12.5. The van der Waals surface area contributed by atoms with Crippen molar-refractivity contribution in [2.75, 3.05) is 0 Å². The van der Waals surface area contributed by atoms with Crippen LogP contribution in [0.2, 0.25) is 0 Å². The summed E-state index contributed by atoms with van der Waals surface area (Å²) >= 11 is 1.62. The molecule has 1 aromatic carbocycles. The van der Waals surface area contributed by atoms with Crippen molar-refractivity contribution in [2.24, 2.45) is 0 Å². The highest BCUT2D eigenvalue weighted by molar-refractivity contribution is 14.1. The second-order valence-electron chi connectivity index (χ2n) is 4.11. The summed E-state index contributed by atoms with van der Waals surface area (Å²) in [7, 11) is 0. The van der Waals surface area contributed by atoms with E-state index in [1.165, 1.54) is 18.2 Å². The molecule has 0 radical (unpaired) electrons. The van der Waals surface area contributed by atoms with Crippen molar-refractivity contribution in [1.82, 2.24) is 4.98 Å². The summed E-state index contributed by atoms with van der Waals surface area (Å²) in [6, 6.07) is 6.16. The summed E-state index contributed by atoms with van der Waals surface area (Å²) in [5.74, 6) is 0. The number of hydrogen-bond donors (Lipinski definition) is 0. The lowest BCUT2D eigenvalue weighted by Gasteiger charge is -2.11. The highest BCUT2D eigenvalue weighted by Crippen LogP contribution is 2.34. The number of aromatic nitrogens is 1. The molecule has 1 heterocycles. The number of alkyl halides is 6. The number of halogens is 7. The standard InChI is InChI=1S/C13H6F6IN/c14-12(15,16)8-3-1-7(2-4-8)9-5-6-10(13(17,18)19)21-11(9)20/h1-6H. The molecular formula is C13H6F6IN. The Bertz CT molecular complexity index is 645. The van der Waals surface area contributed by atoms with E-state index in [1.54, 1.807) is 22.6 Å². The van der Waals surface area contributed by atoms with E-state index in [2.05, 4.69) is 4.98 Å². The maximum absolute atomic E-state index is 12.5. The van der Waals surface area contributed by atoms with Crippen LogP contribution in [0.25, 0.3) is 11.1 Å². The Morgan fingerprint density at radius 1 is 0.762 bits per heavy atom. The fourth-order valence-corrected chi connectivity index (χ4v) is 2.40. The van der Waals surface area contributed by atoms with E-state index in [-0.39, 0.29) is 3.70 Å². The third-order valence-corrected chi connectivity index (χ3v) is 3.48. The van der Waals surface area contributed by atoms with Gasteiger partial charge in [0.05, 0.1) is 5.56 Å². The summed E-state index contributed by atoms with van der Waals surface area (Å²) < 4.78 is 74.9. The molecule has 1 aromatic heterocycles. The largest absolute Gasteiger partial charge is 0.433 e. The second kappa shape index (κ2) is 5.47. The average Bonchev–Trinajstić information content (AvgIpc) is 2.36. The molecule has 0 aliphatic rings. The number of hydrogen-bond acceptors (Lipinski definition) is 1. The normalized spacial score (nSPS) is 12.5. The number of nitrogens with zero attached hydrogens (tertiary/aromatic N) is 1. The highest BCUT2D eigenvalue weighted by atomic mass is 127. The molecule has 0 aliphatic carbocycles. The molecule has 21 heavy (non-hydrogen) atoms. The molecule has 2 aromatic rings. The molecular weight excluding hydrogens is 411 g/mol. The van der Waals surface area contributed by atoms with Crippen molar-refractivity contribution < 1.29 is 26.3 Å². The van der Waals surface area contributed by atoms with Gasteiger partial charge in [-0.3, -0.25) is 0 Å². The molecule has 0 aliphatic heterocycles. The molecule has 1 nitrogen and oxygen atoms in total. The molecule has 0 atom stereocenters. The summed E-state index contributed by atoms with van der Waals surface area (Å²) in [6.45, 7) is 0. The predicted octanol–water partition coefficient (Wildman–Crippen LogP) is 5.39. The van der Waals surface area contributed by atoms with Crippen LogP contribution in [0.5, 0.6) is 0 Å². The Labute approximate surface area is 129 Å². The molecule has 0 spiro atoms. The Morgan fingerprint density at radius 3 is 1.76 bits per heavy atom. The molecule has 0 bridgehead atoms. The van der Waals surface area contributed by atoms with Crippen molar-refractivity contribution in [2.45, 2.75) is 12.4 Å². The van der Waals surface area contributed by atoms with Crippen LogP contribution >= 0.6 is 22.6 Å². The first-order valence-electron chi connectivity index (χ1n) is 5.50. The Hall–Kier alpha value is -1.32. The monoisotopic (exact) mass is 417 g/mol. The molecule has 0 saturated carbocycles. The lowest BCUT2D eigenvalue weighted by atomic mass is 10.1. The summed E-state index contributed by atoms with van der Waals surface area (Å²) in [5.41, 5.74) is -1.14. The van der Waals surface area contributed by atoms with Crippen LogP contribution in [0, 0.1) is 3.70 Å². The van der Waals surface area contributed by atoms with E-state index in [0.717, 1.165) is 18.2 Å². The number of rotatable bonds is 1. The molecule has 0 saturated heterocycles. The van der Waals surface area contributed by atoms with Crippen molar-refractivity contribution in [1.29, 1.82) is 0 Å². The minimum atomic E-state index is -4.56. The second-order valence-corrected chi connectivity index (χ2v) is 5.13. The third kappa shape index (κ3) is 3.66. The predicted molar refractivity (Wildman–Crippen MR) is 72.4 cm³/mol. The quantitative estimate of drug-likeness (QED) is 0.345. The van der Waals surface area contributed by atoms with E-state index in [9.17, 15) is 26.3 Å². The molecule has 112 valence electrons. The van der Waals surface area contributed by atoms with Gasteiger partial charge in [0.1, 0.15) is 9.39 Å². The molecule has 8 heteroatoms. The first-order valence-corrected chi connectivity index (χ1v) is 6.58. The van der Waals surface area contributed by atoms with E-state index >= 15 is 0 Å². The van der Waals surface area contributed by atoms with Crippen LogP contribution in [-0.4, -0.2) is 4.98 Å². The van der Waals surface area contributed by atoms with E-state index in [0.29, 0.717) is 11.1 Å². The van der Waals surface area contributed by atoms with E-state index in [1.807, 2.05) is 0 Å². The van der Waals surface area contributed by atoms with Gasteiger partial charge in [-0.25, -0.2) is 4.98 Å². The SMILES string of the molecule is FC(F)(F)c1ccc(-c2ccc(C(F)(F)F)nc2I)cc1. The summed E-state index contributed by atoms with van der Waals surface area (Å²) in [6.07, 6.45) is -9.01. The first-order chi connectivity index (χ1) is 9.59. The van der Waals surface area contributed by atoms with Crippen LogP contribution in [-0.2, 0) is 12.4 Å². The van der Waals surface area contributed by atoms with Crippen molar-refractivity contribution in [3.05, 3.63) is 51.4 Å². The van der Waals surface area contributed by atoms with E-state index < -0.39 is 23.6 Å². The van der Waals surface area contributed by atoms with Gasteiger partial charge in [-0.05, 0) is 52.4 Å². The molecule has 0 unspecified atom stereocenters. The Balaban J connectivity index is 2.39. The first kappa shape index (κ1) is 16.1. The lowest BCUT2D eigenvalue weighted by Crippen LogP contribution is -2.09. The molecule has 0 amide bonds. The van der Waals surface area contributed by atoms with Gasteiger partial charge < -0.3 is 0 Å². The third-order valence-electron chi connectivity index (χ3n) is 2.66. The number of pyridine rings is 1. The lowest BCUT2D eigenvalue weighted by molar-refractivity contribution is -0.141. The van der Waals surface area contributed by atoms with Gasteiger partial charge in [-0.2, -0.15) is 26.3 Å².